The van der Waals surface area contributed by atoms with Crippen LogP contribution in [0.4, 0.5) is 5.82 Å². The van der Waals surface area contributed by atoms with Crippen LogP contribution in [0, 0.1) is 0 Å². The lowest BCUT2D eigenvalue weighted by molar-refractivity contribution is -0.161. The molecule has 1 aromatic heterocycles. The van der Waals surface area contributed by atoms with E-state index in [2.05, 4.69) is 16.2 Å². The predicted molar refractivity (Wildman–Crippen MR) is 271 cm³/mol. The number of phosphoric acid groups is 2. The van der Waals surface area contributed by atoms with Crippen LogP contribution < -0.4 is 11.4 Å². The third-order valence-corrected chi connectivity index (χ3v) is 13.5. The number of ether oxygens (including phenoxy) is 3. The first-order valence-corrected chi connectivity index (χ1v) is 28.0. The Hall–Kier alpha value is -3.84. The SMILES string of the molecule is CC/C=C\CC(O)/C=C/C=C/C/C=C\C/C=C\C/C=C\CCC(=O)O[C@H](COC(=O)CCCCCCCCCCCCCCC)COP(=O)(O)OP(=O)(O)OC[C@H]1O[C@@H](n2ccc(N)nc2=O)[C@H](O)[C@@H]1O. The second kappa shape index (κ2) is 37.8. The Kier molecular flexibility index (Phi) is 33.7. The summed E-state index contributed by atoms with van der Waals surface area (Å²) in [5.41, 5.74) is 4.57. The number of phosphoric ester groups is 2. The number of esters is 2. The second-order valence-electron chi connectivity index (χ2n) is 17.1. The summed E-state index contributed by atoms with van der Waals surface area (Å²) in [5.74, 6) is -1.42. The predicted octanol–water partition coefficient (Wildman–Crippen LogP) is 9.08. The molecule has 0 bridgehead atoms. The zero-order chi connectivity index (χ0) is 52.2. The van der Waals surface area contributed by atoms with Gasteiger partial charge in [0.05, 0.1) is 19.3 Å². The zero-order valence-electron chi connectivity index (χ0n) is 41.6. The fourth-order valence-corrected chi connectivity index (χ4v) is 9.12. The first-order valence-electron chi connectivity index (χ1n) is 25.1. The summed E-state index contributed by atoms with van der Waals surface area (Å²) in [4.78, 5) is 61.8. The summed E-state index contributed by atoms with van der Waals surface area (Å²) >= 11 is 0. The van der Waals surface area contributed by atoms with Crippen LogP contribution >= 0.6 is 15.6 Å². The average Bonchev–Trinajstić information content (AvgIpc) is 3.60. The van der Waals surface area contributed by atoms with Gasteiger partial charge in [0.1, 0.15) is 30.7 Å². The van der Waals surface area contributed by atoms with Gasteiger partial charge in [-0.15, -0.1) is 0 Å². The summed E-state index contributed by atoms with van der Waals surface area (Å²) in [6, 6.07) is 1.24. The molecule has 0 radical (unpaired) electrons. The fourth-order valence-electron chi connectivity index (χ4n) is 7.01. The van der Waals surface area contributed by atoms with Gasteiger partial charge in [0.2, 0.25) is 0 Å². The third-order valence-electron chi connectivity index (χ3n) is 10.9. The molecule has 8 atom stereocenters. The molecular weight excluding hydrogens is 961 g/mol. The van der Waals surface area contributed by atoms with E-state index < -0.39 is 89.8 Å². The molecule has 0 amide bonds. The summed E-state index contributed by atoms with van der Waals surface area (Å²) in [5, 5.41) is 30.8. The number of rotatable bonds is 40. The van der Waals surface area contributed by atoms with Gasteiger partial charge >= 0.3 is 33.3 Å². The molecule has 1 fully saturated rings. The number of unbranched alkanes of at least 4 members (excludes halogenated alkanes) is 12. The number of aliphatic hydroxyl groups is 3. The van der Waals surface area contributed by atoms with Crippen LogP contribution in [0.2, 0.25) is 0 Å². The lowest BCUT2D eigenvalue weighted by Crippen LogP contribution is -2.36. The maximum atomic E-state index is 12.8. The topological polar surface area (TPSA) is 286 Å². The molecule has 71 heavy (non-hydrogen) atoms. The van der Waals surface area contributed by atoms with E-state index in [1.807, 2.05) is 67.7 Å². The van der Waals surface area contributed by atoms with Gasteiger partial charge in [-0.1, -0.05) is 164 Å². The first kappa shape index (κ1) is 63.3. The molecule has 1 aromatic rings. The highest BCUT2D eigenvalue weighted by atomic mass is 31.3. The van der Waals surface area contributed by atoms with Crippen molar-refractivity contribution < 1.29 is 71.4 Å². The van der Waals surface area contributed by atoms with Gasteiger partial charge in [0.25, 0.3) is 0 Å². The first-order chi connectivity index (χ1) is 34.1. The van der Waals surface area contributed by atoms with Gasteiger partial charge in [0.15, 0.2) is 12.3 Å². The number of carbonyl (C=O) groups excluding carboxylic acids is 2. The summed E-state index contributed by atoms with van der Waals surface area (Å²) in [7, 11) is -10.9. The molecule has 1 aliphatic heterocycles. The van der Waals surface area contributed by atoms with E-state index in [1.54, 1.807) is 12.2 Å². The van der Waals surface area contributed by atoms with Gasteiger partial charge in [-0.05, 0) is 51.0 Å². The molecule has 1 aliphatic rings. The van der Waals surface area contributed by atoms with Crippen LogP contribution in [-0.4, -0.2) is 96.9 Å². The van der Waals surface area contributed by atoms with Gasteiger partial charge in [-0.2, -0.15) is 9.29 Å². The standard InChI is InChI=1S/C50H81N3O16P2/c1-3-5-7-8-9-10-11-13-17-20-23-26-30-34-45(55)64-38-42(67-46(56)35-31-27-24-21-18-15-12-14-16-19-22-25-29-33-41(54)32-28-6-4-2)39-65-70(60,61)69-71(62,63)66-40-43-47(57)48(58)49(68-43)53-37-36-44(51)52-50(53)59/h6,14-16,18,22,24-25,27-29,33,36-37,41-43,47-49,54,57-58H,3-5,7-13,17,19-21,23,26,30-32,34-35,38-40H2,1-2H3,(H,60,61)(H,62,63)(H2,51,52,59)/b16-14-,18-15-,25-22+,27-24-,28-6-,33-29+/t41?,42-,43-,47-,48-,49-/m1/s1. The highest BCUT2D eigenvalue weighted by molar-refractivity contribution is 7.61. The highest BCUT2D eigenvalue weighted by Gasteiger charge is 2.46. The minimum Gasteiger partial charge on any atom is -0.462 e. The summed E-state index contributed by atoms with van der Waals surface area (Å²) in [6.45, 7) is 1.86. The van der Waals surface area contributed by atoms with E-state index in [4.69, 9.17) is 29.0 Å². The number of hydrogen-bond donors (Lipinski definition) is 6. The van der Waals surface area contributed by atoms with E-state index >= 15 is 0 Å². The molecule has 7 N–H and O–H groups in total. The Bertz CT molecular complexity index is 1990. The van der Waals surface area contributed by atoms with E-state index in [9.17, 15) is 48.6 Å². The smallest absolute Gasteiger partial charge is 0.462 e. The molecule has 0 aromatic carbocycles. The molecule has 0 aliphatic carbocycles. The zero-order valence-corrected chi connectivity index (χ0v) is 43.4. The van der Waals surface area contributed by atoms with Gasteiger partial charge in [0, 0.05) is 19.0 Å². The molecule has 19 nitrogen and oxygen atoms in total. The van der Waals surface area contributed by atoms with Crippen molar-refractivity contribution in [2.75, 3.05) is 25.6 Å². The van der Waals surface area contributed by atoms with Gasteiger partial charge < -0.3 is 45.1 Å². The maximum absolute atomic E-state index is 12.8. The molecule has 0 saturated carbocycles. The number of aliphatic hydroxyl groups excluding tert-OH is 3. The largest absolute Gasteiger partial charge is 0.481 e. The van der Waals surface area contributed by atoms with Crippen molar-refractivity contribution in [3.63, 3.8) is 0 Å². The average molecular weight is 1040 g/mol. The second-order valence-corrected chi connectivity index (χ2v) is 20.2. The molecule has 0 spiro atoms. The molecule has 2 heterocycles. The van der Waals surface area contributed by atoms with Crippen molar-refractivity contribution >= 4 is 33.4 Å². The maximum Gasteiger partial charge on any atom is 0.481 e. The van der Waals surface area contributed by atoms with E-state index in [0.717, 1.165) is 55.7 Å². The Morgan fingerprint density at radius 2 is 1.35 bits per heavy atom. The van der Waals surface area contributed by atoms with E-state index in [1.165, 1.54) is 57.4 Å². The fraction of sp³-hybridized carbons (Fsp3) is 0.640. The Morgan fingerprint density at radius 1 is 0.761 bits per heavy atom. The molecule has 402 valence electrons. The molecule has 3 unspecified atom stereocenters. The van der Waals surface area contributed by atoms with Crippen LogP contribution in [0.1, 0.15) is 155 Å². The van der Waals surface area contributed by atoms with Crippen LogP contribution in [0.3, 0.4) is 0 Å². The van der Waals surface area contributed by atoms with Crippen molar-refractivity contribution in [3.8, 4) is 0 Å². The molecular formula is C50H81N3O16P2. The minimum atomic E-state index is -5.45. The van der Waals surface area contributed by atoms with Gasteiger partial charge in [-0.3, -0.25) is 23.2 Å². The van der Waals surface area contributed by atoms with Crippen molar-refractivity contribution in [2.45, 2.75) is 185 Å². The normalized spacial score (nSPS) is 20.2. The van der Waals surface area contributed by atoms with Crippen molar-refractivity contribution in [2.24, 2.45) is 0 Å². The number of nitrogens with two attached hydrogens (primary N) is 1. The highest BCUT2D eigenvalue weighted by Crippen LogP contribution is 2.60. The quantitative estimate of drug-likeness (QED) is 0.0117. The Balaban J connectivity index is 1.85. The van der Waals surface area contributed by atoms with Crippen LogP contribution in [0.25, 0.3) is 0 Å². The van der Waals surface area contributed by atoms with Crippen LogP contribution in [-0.2, 0) is 46.3 Å². The van der Waals surface area contributed by atoms with Crippen LogP contribution in [0.5, 0.6) is 0 Å². The number of carbonyl (C=O) groups is 2. The van der Waals surface area contributed by atoms with Crippen molar-refractivity contribution in [1.82, 2.24) is 9.55 Å². The van der Waals surface area contributed by atoms with E-state index in [-0.39, 0.29) is 18.7 Å². The van der Waals surface area contributed by atoms with E-state index in [0.29, 0.717) is 25.7 Å². The number of allylic oxidation sites excluding steroid dienone is 10. The minimum absolute atomic E-state index is 0.0922. The third kappa shape index (κ3) is 30.7. The molecule has 1 saturated heterocycles. The number of anilines is 1. The number of hydrogen-bond acceptors (Lipinski definition) is 16. The number of nitrogen functional groups attached to an aromatic ring is 1. The summed E-state index contributed by atoms with van der Waals surface area (Å²) < 4.78 is 56.6. The lowest BCUT2D eigenvalue weighted by atomic mass is 10.0. The lowest BCUT2D eigenvalue weighted by Gasteiger charge is -2.21. The monoisotopic (exact) mass is 1040 g/mol. The van der Waals surface area contributed by atoms with Crippen LogP contribution in [0.15, 0.2) is 90.0 Å². The molecule has 21 heteroatoms. The summed E-state index contributed by atoms with van der Waals surface area (Å²) in [6.07, 6.45) is 34.7. The Labute approximate surface area is 419 Å². The Morgan fingerprint density at radius 3 is 1.97 bits per heavy atom. The number of aromatic nitrogens is 2. The van der Waals surface area contributed by atoms with Gasteiger partial charge in [-0.25, -0.2) is 13.9 Å². The van der Waals surface area contributed by atoms with Crippen molar-refractivity contribution in [3.05, 3.63) is 95.7 Å². The molecule has 2 rings (SSSR count). The van der Waals surface area contributed by atoms with Crippen molar-refractivity contribution in [1.29, 1.82) is 0 Å². The number of nitrogens with zero attached hydrogens (tertiary/aromatic N) is 2.